The van der Waals surface area contributed by atoms with Crippen LogP contribution in [0.2, 0.25) is 0 Å². The summed E-state index contributed by atoms with van der Waals surface area (Å²) >= 11 is 4.24. The molecule has 0 amide bonds. The van der Waals surface area contributed by atoms with E-state index in [9.17, 15) is 0 Å². The molecule has 118 valence electrons. The third kappa shape index (κ3) is 8.78. The van der Waals surface area contributed by atoms with Crippen LogP contribution in [0.15, 0.2) is 12.4 Å². The van der Waals surface area contributed by atoms with Gasteiger partial charge in [-0.25, -0.2) is 0 Å². The zero-order valence-corrected chi connectivity index (χ0v) is 14.3. The Morgan fingerprint density at radius 1 is 0.750 bits per heavy atom. The molecule has 0 radical (unpaired) electrons. The third-order valence-electron chi connectivity index (χ3n) is 4.11. The summed E-state index contributed by atoms with van der Waals surface area (Å²) in [6.45, 7) is 5.67. The van der Waals surface area contributed by atoms with Crippen molar-refractivity contribution >= 4 is 12.6 Å². The van der Waals surface area contributed by atoms with Crippen molar-refractivity contribution in [1.82, 2.24) is 9.80 Å². The molecule has 3 heteroatoms. The maximum Gasteiger partial charge on any atom is 0.0893 e. The second kappa shape index (κ2) is 12.4. The normalized spacial score (nSPS) is 14.5. The monoisotopic (exact) mass is 298 g/mol. The highest BCUT2D eigenvalue weighted by atomic mass is 32.1. The van der Waals surface area contributed by atoms with Crippen molar-refractivity contribution in [3.8, 4) is 0 Å². The molecule has 1 aliphatic rings. The van der Waals surface area contributed by atoms with E-state index < -0.39 is 0 Å². The quantitative estimate of drug-likeness (QED) is 0.382. The molecule has 0 aromatic rings. The molecule has 1 rings (SSSR count). The Morgan fingerprint density at radius 2 is 1.25 bits per heavy atom. The van der Waals surface area contributed by atoms with Gasteiger partial charge in [0.15, 0.2) is 0 Å². The molecule has 2 nitrogen and oxygen atoms in total. The Kier molecular flexibility index (Phi) is 11.0. The Balaban J connectivity index is 1.76. The fourth-order valence-corrected chi connectivity index (χ4v) is 2.93. The maximum absolute atomic E-state index is 4.24. The van der Waals surface area contributed by atoms with Crippen LogP contribution in [0.4, 0.5) is 0 Å². The van der Waals surface area contributed by atoms with Crippen LogP contribution < -0.4 is 0 Å². The van der Waals surface area contributed by atoms with Crippen molar-refractivity contribution < 1.29 is 0 Å². The van der Waals surface area contributed by atoms with Crippen LogP contribution in [0, 0.1) is 0 Å². The molecule has 0 spiro atoms. The summed E-state index contributed by atoms with van der Waals surface area (Å²) in [6.07, 6.45) is 18.5. The number of unbranched alkanes of at least 4 members (excludes halogenated alkanes) is 9. The fraction of sp³-hybridized carbons (Fsp3) is 0.882. The van der Waals surface area contributed by atoms with Gasteiger partial charge in [0.1, 0.15) is 0 Å². The van der Waals surface area contributed by atoms with E-state index in [1.165, 1.54) is 70.8 Å². The lowest BCUT2D eigenvalue weighted by atomic mass is 10.1. The molecule has 0 atom stereocenters. The van der Waals surface area contributed by atoms with Gasteiger partial charge in [-0.05, 0) is 25.5 Å². The fourth-order valence-electron chi connectivity index (χ4n) is 2.71. The van der Waals surface area contributed by atoms with Crippen LogP contribution in [0.25, 0.3) is 0 Å². The molecule has 1 aliphatic heterocycles. The summed E-state index contributed by atoms with van der Waals surface area (Å²) < 4.78 is 0. The zero-order chi connectivity index (χ0) is 14.5. The van der Waals surface area contributed by atoms with Crippen LogP contribution in [0.1, 0.15) is 71.1 Å². The molecule has 0 saturated carbocycles. The number of rotatable bonds is 13. The van der Waals surface area contributed by atoms with E-state index in [1.54, 1.807) is 0 Å². The molecule has 0 N–H and O–H groups in total. The van der Waals surface area contributed by atoms with Crippen LogP contribution in [0.3, 0.4) is 0 Å². The molecule has 20 heavy (non-hydrogen) atoms. The van der Waals surface area contributed by atoms with Gasteiger partial charge in [-0.15, -0.1) is 0 Å². The minimum atomic E-state index is 1.06. The second-order valence-corrected chi connectivity index (χ2v) is 6.36. The Hall–Kier alpha value is -0.310. The summed E-state index contributed by atoms with van der Waals surface area (Å²) in [6, 6.07) is 0. The highest BCUT2D eigenvalue weighted by Crippen LogP contribution is 2.12. The van der Waals surface area contributed by atoms with Crippen LogP contribution in [-0.2, 0) is 0 Å². The molecule has 0 aliphatic carbocycles. The summed E-state index contributed by atoms with van der Waals surface area (Å²) in [7, 11) is 0. The largest absolute Gasteiger partial charge is 0.359 e. The SMILES string of the molecule is CCN1C=CN(CCCCCCCCCCCCS)C1. The van der Waals surface area contributed by atoms with Gasteiger partial charge >= 0.3 is 0 Å². The van der Waals surface area contributed by atoms with Gasteiger partial charge < -0.3 is 9.80 Å². The lowest BCUT2D eigenvalue weighted by Crippen LogP contribution is -2.25. The maximum atomic E-state index is 4.24. The van der Waals surface area contributed by atoms with Crippen molar-refractivity contribution in [2.75, 3.05) is 25.5 Å². The zero-order valence-electron chi connectivity index (χ0n) is 13.4. The first-order valence-corrected chi connectivity index (χ1v) is 9.27. The number of thiol groups is 1. The van der Waals surface area contributed by atoms with Gasteiger partial charge in [0.25, 0.3) is 0 Å². The minimum absolute atomic E-state index is 1.06. The topological polar surface area (TPSA) is 6.48 Å². The number of nitrogens with zero attached hydrogens (tertiary/aromatic N) is 2. The van der Waals surface area contributed by atoms with Gasteiger partial charge in [-0.1, -0.05) is 51.4 Å². The molecule has 0 saturated heterocycles. The second-order valence-electron chi connectivity index (χ2n) is 5.92. The summed E-state index contributed by atoms with van der Waals surface area (Å²) in [5, 5.41) is 0. The highest BCUT2D eigenvalue weighted by Gasteiger charge is 2.08. The van der Waals surface area contributed by atoms with Crippen LogP contribution in [0.5, 0.6) is 0 Å². The Morgan fingerprint density at radius 3 is 1.75 bits per heavy atom. The first-order chi connectivity index (χ1) is 9.86. The van der Waals surface area contributed by atoms with Crippen molar-refractivity contribution in [2.45, 2.75) is 71.1 Å². The third-order valence-corrected chi connectivity index (χ3v) is 4.43. The van der Waals surface area contributed by atoms with E-state index in [0.29, 0.717) is 0 Å². The number of hydrogen-bond donors (Lipinski definition) is 1. The van der Waals surface area contributed by atoms with E-state index in [4.69, 9.17) is 0 Å². The standard InChI is InChI=1S/C17H34N2S/c1-2-18-14-15-19(17-18)13-11-9-7-5-3-4-6-8-10-12-16-20/h14-15,20H,2-13,16-17H2,1H3. The molecular formula is C17H34N2S. The average molecular weight is 299 g/mol. The first-order valence-electron chi connectivity index (χ1n) is 8.64. The van der Waals surface area contributed by atoms with E-state index in [1.807, 2.05) is 0 Å². The molecule has 0 aromatic heterocycles. The van der Waals surface area contributed by atoms with Gasteiger partial charge in [-0.3, -0.25) is 0 Å². The Bertz CT molecular complexity index is 243. The summed E-state index contributed by atoms with van der Waals surface area (Å²) in [5.41, 5.74) is 0. The van der Waals surface area contributed by atoms with Crippen molar-refractivity contribution in [3.63, 3.8) is 0 Å². The summed E-state index contributed by atoms with van der Waals surface area (Å²) in [5.74, 6) is 1.06. The van der Waals surface area contributed by atoms with Gasteiger partial charge in [0.05, 0.1) is 6.67 Å². The molecule has 0 aromatic carbocycles. The van der Waals surface area contributed by atoms with Gasteiger partial charge in [-0.2, -0.15) is 12.6 Å². The van der Waals surface area contributed by atoms with E-state index in [-0.39, 0.29) is 0 Å². The highest BCUT2D eigenvalue weighted by molar-refractivity contribution is 7.80. The van der Waals surface area contributed by atoms with Gasteiger partial charge in [0, 0.05) is 25.5 Å². The predicted octanol–water partition coefficient (Wildman–Crippen LogP) is 4.88. The van der Waals surface area contributed by atoms with E-state index in [2.05, 4.69) is 41.8 Å². The van der Waals surface area contributed by atoms with Crippen molar-refractivity contribution in [3.05, 3.63) is 12.4 Å². The van der Waals surface area contributed by atoms with Crippen molar-refractivity contribution in [2.24, 2.45) is 0 Å². The molecule has 0 bridgehead atoms. The van der Waals surface area contributed by atoms with E-state index in [0.717, 1.165) is 19.0 Å². The molecule has 0 fully saturated rings. The van der Waals surface area contributed by atoms with Crippen LogP contribution in [-0.4, -0.2) is 35.3 Å². The number of hydrogen-bond acceptors (Lipinski definition) is 3. The Labute approximate surface area is 132 Å². The first kappa shape index (κ1) is 17.7. The average Bonchev–Trinajstić information content (AvgIpc) is 2.93. The smallest absolute Gasteiger partial charge is 0.0893 e. The minimum Gasteiger partial charge on any atom is -0.359 e. The van der Waals surface area contributed by atoms with Gasteiger partial charge in [0.2, 0.25) is 0 Å². The van der Waals surface area contributed by atoms with E-state index >= 15 is 0 Å². The lowest BCUT2D eigenvalue weighted by Gasteiger charge is -2.19. The van der Waals surface area contributed by atoms with Crippen LogP contribution >= 0.6 is 12.6 Å². The molecule has 1 heterocycles. The molecule has 0 unspecified atom stereocenters. The van der Waals surface area contributed by atoms with Crippen molar-refractivity contribution in [1.29, 1.82) is 0 Å². The summed E-state index contributed by atoms with van der Waals surface area (Å²) in [4.78, 5) is 4.79. The predicted molar refractivity (Wildman–Crippen MR) is 93.1 cm³/mol. The lowest BCUT2D eigenvalue weighted by molar-refractivity contribution is 0.268. The molecular weight excluding hydrogens is 264 g/mol.